The van der Waals surface area contributed by atoms with E-state index in [9.17, 15) is 9.59 Å². The molecule has 1 N–H and O–H groups in total. The van der Waals surface area contributed by atoms with Gasteiger partial charge in [0.05, 0.1) is 23.2 Å². The molecule has 1 saturated carbocycles. The molecule has 34 heavy (non-hydrogen) atoms. The molecule has 170 valence electrons. The zero-order valence-corrected chi connectivity index (χ0v) is 18.6. The third-order valence-corrected chi connectivity index (χ3v) is 6.12. The molecule has 2 fully saturated rings. The van der Waals surface area contributed by atoms with Gasteiger partial charge in [-0.25, -0.2) is 14.8 Å². The quantitative estimate of drug-likeness (QED) is 0.485. The minimum Gasteiger partial charge on any atom is -0.447 e. The van der Waals surface area contributed by atoms with Crippen LogP contribution in [-0.4, -0.2) is 44.9 Å². The summed E-state index contributed by atoms with van der Waals surface area (Å²) >= 11 is 0. The maximum atomic E-state index is 13.5. The van der Waals surface area contributed by atoms with Crippen LogP contribution >= 0.6 is 0 Å². The molecule has 0 bridgehead atoms. The third kappa shape index (κ3) is 3.55. The summed E-state index contributed by atoms with van der Waals surface area (Å²) in [4.78, 5) is 36.3. The molecule has 0 atom stereocenters. The summed E-state index contributed by atoms with van der Waals surface area (Å²) < 4.78 is 6.73. The number of amides is 2. The average Bonchev–Trinajstić information content (AvgIpc) is 3.54. The highest BCUT2D eigenvalue weighted by Crippen LogP contribution is 2.40. The van der Waals surface area contributed by atoms with Crippen molar-refractivity contribution >= 4 is 34.4 Å². The highest BCUT2D eigenvalue weighted by atomic mass is 16.6. The Labute approximate surface area is 195 Å². The number of aryl methyl sites for hydroxylation is 1. The van der Waals surface area contributed by atoms with Crippen LogP contribution in [0.3, 0.4) is 0 Å². The summed E-state index contributed by atoms with van der Waals surface area (Å²) in [6.45, 7) is 2.71. The first-order valence-electron chi connectivity index (χ1n) is 11.3. The van der Waals surface area contributed by atoms with E-state index < -0.39 is 0 Å². The normalized spacial score (nSPS) is 15.6. The fourth-order valence-electron chi connectivity index (χ4n) is 4.29. The van der Waals surface area contributed by atoms with Gasteiger partial charge < -0.3 is 10.1 Å². The van der Waals surface area contributed by atoms with Crippen LogP contribution in [-0.2, 0) is 4.74 Å². The first kappa shape index (κ1) is 20.3. The number of carbonyl (C=O) groups excluding carboxylic acids is 2. The second-order valence-corrected chi connectivity index (χ2v) is 8.52. The van der Waals surface area contributed by atoms with E-state index in [2.05, 4.69) is 15.4 Å². The lowest BCUT2D eigenvalue weighted by Crippen LogP contribution is -2.23. The second kappa shape index (κ2) is 7.95. The number of carbonyl (C=O) groups is 2. The minimum atomic E-state index is -0.383. The van der Waals surface area contributed by atoms with Gasteiger partial charge in [-0.3, -0.25) is 9.69 Å². The molecular weight excluding hydrogens is 432 g/mol. The SMILES string of the molecule is Cc1nn(-c2ccccn2)c2nc(C3CC3)cc(C(=O)Nc3cccc(N4CCOC4=O)c3)c12. The number of nitrogens with zero attached hydrogens (tertiary/aromatic N) is 5. The van der Waals surface area contributed by atoms with Gasteiger partial charge in [0.15, 0.2) is 11.5 Å². The molecule has 1 aliphatic heterocycles. The van der Waals surface area contributed by atoms with E-state index in [-0.39, 0.29) is 12.0 Å². The van der Waals surface area contributed by atoms with Gasteiger partial charge in [-0.05, 0) is 56.2 Å². The zero-order chi connectivity index (χ0) is 23.2. The largest absolute Gasteiger partial charge is 0.447 e. The number of hydrogen-bond acceptors (Lipinski definition) is 6. The second-order valence-electron chi connectivity index (χ2n) is 8.52. The molecule has 0 spiro atoms. The van der Waals surface area contributed by atoms with Crippen molar-refractivity contribution < 1.29 is 14.3 Å². The molecular formula is C25H22N6O3. The van der Waals surface area contributed by atoms with Crippen molar-refractivity contribution in [2.45, 2.75) is 25.7 Å². The summed E-state index contributed by atoms with van der Waals surface area (Å²) in [6.07, 6.45) is 3.44. The van der Waals surface area contributed by atoms with Crippen molar-refractivity contribution in [3.8, 4) is 5.82 Å². The topological polar surface area (TPSA) is 102 Å². The van der Waals surface area contributed by atoms with Crippen molar-refractivity contribution in [2.75, 3.05) is 23.4 Å². The van der Waals surface area contributed by atoms with Crippen LogP contribution in [0.1, 0.15) is 40.5 Å². The van der Waals surface area contributed by atoms with Gasteiger partial charge in [-0.15, -0.1) is 0 Å². The number of benzene rings is 1. The van der Waals surface area contributed by atoms with Gasteiger partial charge in [0.25, 0.3) is 5.91 Å². The highest BCUT2D eigenvalue weighted by molar-refractivity contribution is 6.13. The minimum absolute atomic E-state index is 0.251. The van der Waals surface area contributed by atoms with Crippen LogP contribution in [0.15, 0.2) is 54.7 Å². The van der Waals surface area contributed by atoms with Crippen molar-refractivity contribution in [2.24, 2.45) is 0 Å². The Bertz CT molecular complexity index is 1430. The van der Waals surface area contributed by atoms with Crippen molar-refractivity contribution in [1.29, 1.82) is 0 Å². The number of rotatable bonds is 5. The number of fused-ring (bicyclic) bond motifs is 1. The van der Waals surface area contributed by atoms with Crippen LogP contribution in [0.5, 0.6) is 0 Å². The monoisotopic (exact) mass is 454 g/mol. The summed E-state index contributed by atoms with van der Waals surface area (Å²) in [5.74, 6) is 0.754. The predicted molar refractivity (Wildman–Crippen MR) is 126 cm³/mol. The fraction of sp³-hybridized carbons (Fsp3) is 0.240. The maximum absolute atomic E-state index is 13.5. The Hall–Kier alpha value is -4.27. The number of anilines is 2. The number of hydrogen-bond donors (Lipinski definition) is 1. The first-order chi connectivity index (χ1) is 16.6. The van der Waals surface area contributed by atoms with Crippen LogP contribution < -0.4 is 10.2 Å². The van der Waals surface area contributed by atoms with E-state index in [1.54, 1.807) is 34.0 Å². The fourth-order valence-corrected chi connectivity index (χ4v) is 4.29. The lowest BCUT2D eigenvalue weighted by molar-refractivity contribution is 0.102. The Balaban J connectivity index is 1.40. The van der Waals surface area contributed by atoms with Crippen LogP contribution in [0.25, 0.3) is 16.9 Å². The number of nitrogens with one attached hydrogen (secondary N) is 1. The molecule has 0 radical (unpaired) electrons. The molecule has 1 saturated heterocycles. The Morgan fingerprint density at radius 3 is 2.76 bits per heavy atom. The lowest BCUT2D eigenvalue weighted by Gasteiger charge is -2.14. The number of ether oxygens (including phenoxy) is 1. The molecule has 2 amide bonds. The highest BCUT2D eigenvalue weighted by Gasteiger charge is 2.29. The molecule has 4 heterocycles. The number of pyridine rings is 2. The zero-order valence-electron chi connectivity index (χ0n) is 18.6. The van der Waals surface area contributed by atoms with E-state index in [4.69, 9.17) is 9.72 Å². The van der Waals surface area contributed by atoms with Gasteiger partial charge in [0.2, 0.25) is 0 Å². The standard InChI is InChI=1S/C25H22N6O3/c1-15-22-19(24(32)27-17-5-4-6-18(13-17)30-11-12-34-25(30)33)14-20(16-8-9-16)28-23(22)31(29-15)21-7-2-3-10-26-21/h2-7,10,13-14,16H,8-9,11-12H2,1H3,(H,27,32). The smallest absolute Gasteiger partial charge is 0.414 e. The summed E-state index contributed by atoms with van der Waals surface area (Å²) in [7, 11) is 0. The molecule has 0 unspecified atom stereocenters. The van der Waals surface area contributed by atoms with E-state index in [1.165, 1.54) is 0 Å². The predicted octanol–water partition coefficient (Wildman–Crippen LogP) is 4.21. The van der Waals surface area contributed by atoms with Crippen molar-refractivity contribution in [1.82, 2.24) is 19.7 Å². The van der Waals surface area contributed by atoms with Gasteiger partial charge in [0, 0.05) is 29.2 Å². The van der Waals surface area contributed by atoms with E-state index >= 15 is 0 Å². The molecule has 6 rings (SSSR count). The van der Waals surface area contributed by atoms with Gasteiger partial charge in [-0.1, -0.05) is 12.1 Å². The summed E-state index contributed by atoms with van der Waals surface area (Å²) in [5.41, 5.74) is 4.02. The van der Waals surface area contributed by atoms with Crippen molar-refractivity contribution in [3.63, 3.8) is 0 Å². The average molecular weight is 454 g/mol. The summed E-state index contributed by atoms with van der Waals surface area (Å²) in [5, 5.41) is 8.35. The van der Waals surface area contributed by atoms with Gasteiger partial charge in [-0.2, -0.15) is 9.78 Å². The molecule has 9 nitrogen and oxygen atoms in total. The molecule has 9 heteroatoms. The van der Waals surface area contributed by atoms with Crippen LogP contribution in [0.2, 0.25) is 0 Å². The van der Waals surface area contributed by atoms with E-state index in [0.717, 1.165) is 18.5 Å². The number of cyclic esters (lactones) is 1. The molecule has 1 aliphatic carbocycles. The molecule has 3 aromatic heterocycles. The van der Waals surface area contributed by atoms with E-state index in [1.807, 2.05) is 37.3 Å². The Kier molecular flexibility index (Phi) is 4.75. The number of aromatic nitrogens is 4. The molecule has 2 aliphatic rings. The maximum Gasteiger partial charge on any atom is 0.414 e. The van der Waals surface area contributed by atoms with Gasteiger partial charge >= 0.3 is 6.09 Å². The Morgan fingerprint density at radius 1 is 1.15 bits per heavy atom. The first-order valence-corrected chi connectivity index (χ1v) is 11.3. The lowest BCUT2D eigenvalue weighted by atomic mass is 10.1. The third-order valence-electron chi connectivity index (χ3n) is 6.12. The molecule has 1 aromatic carbocycles. The van der Waals surface area contributed by atoms with Gasteiger partial charge in [0.1, 0.15) is 6.61 Å². The Morgan fingerprint density at radius 2 is 2.03 bits per heavy atom. The van der Waals surface area contributed by atoms with Crippen LogP contribution in [0.4, 0.5) is 16.2 Å². The molecule has 4 aromatic rings. The summed E-state index contributed by atoms with van der Waals surface area (Å²) in [6, 6.07) is 14.7. The van der Waals surface area contributed by atoms with Crippen molar-refractivity contribution in [3.05, 3.63) is 71.7 Å². The van der Waals surface area contributed by atoms with Crippen LogP contribution in [0, 0.1) is 6.92 Å². The van der Waals surface area contributed by atoms with E-state index in [0.29, 0.717) is 58.6 Å².